The number of nitrogens with zero attached hydrogens (tertiary/aromatic N) is 2. The van der Waals surface area contributed by atoms with Crippen LogP contribution in [0.15, 0.2) is 47.4 Å². The monoisotopic (exact) mass is 443 g/mol. The van der Waals surface area contributed by atoms with Crippen molar-refractivity contribution in [2.24, 2.45) is 0 Å². The summed E-state index contributed by atoms with van der Waals surface area (Å²) in [5, 5.41) is 2.69. The molecule has 0 spiro atoms. The molecule has 1 N–H and O–H groups in total. The lowest BCUT2D eigenvalue weighted by Gasteiger charge is -2.18. The maximum atomic E-state index is 12.6. The van der Waals surface area contributed by atoms with Gasteiger partial charge in [0.25, 0.3) is 0 Å². The molecule has 0 saturated carbocycles. The largest absolute Gasteiger partial charge is 0.416 e. The van der Waals surface area contributed by atoms with E-state index < -0.39 is 21.8 Å². The summed E-state index contributed by atoms with van der Waals surface area (Å²) < 4.78 is 63.6. The molecule has 30 heavy (non-hydrogen) atoms. The van der Waals surface area contributed by atoms with Crippen molar-refractivity contribution in [3.63, 3.8) is 0 Å². The number of rotatable bonds is 7. The molecule has 1 amide bonds. The number of amides is 1. The Balaban J connectivity index is 2.03. The van der Waals surface area contributed by atoms with Crippen molar-refractivity contribution in [3.8, 4) is 0 Å². The predicted molar refractivity (Wildman–Crippen MR) is 108 cm³/mol. The van der Waals surface area contributed by atoms with Crippen LogP contribution in [0.2, 0.25) is 0 Å². The number of aryl methyl sites for hydroxylation is 1. The minimum absolute atomic E-state index is 0.0227. The summed E-state index contributed by atoms with van der Waals surface area (Å²) in [6.45, 7) is 2.00. The molecule has 0 aliphatic rings. The lowest BCUT2D eigenvalue weighted by Crippen LogP contribution is -2.30. The molecule has 0 atom stereocenters. The first kappa shape index (κ1) is 23.8. The Bertz CT molecular complexity index is 1000. The molecule has 0 aliphatic carbocycles. The van der Waals surface area contributed by atoms with E-state index in [1.54, 1.807) is 24.9 Å². The molecule has 0 radical (unpaired) electrons. The fraction of sp³-hybridized carbons (Fsp3) is 0.350. The van der Waals surface area contributed by atoms with E-state index in [0.29, 0.717) is 16.8 Å². The van der Waals surface area contributed by atoms with E-state index in [9.17, 15) is 26.4 Å². The van der Waals surface area contributed by atoms with Gasteiger partial charge in [-0.15, -0.1) is 0 Å². The van der Waals surface area contributed by atoms with Gasteiger partial charge in [-0.05, 0) is 49.4 Å². The number of benzene rings is 2. The molecule has 0 bridgehead atoms. The summed E-state index contributed by atoms with van der Waals surface area (Å²) in [6, 6.07) is 9.23. The molecule has 0 saturated heterocycles. The van der Waals surface area contributed by atoms with Crippen LogP contribution in [0.4, 0.5) is 18.9 Å². The molecule has 0 unspecified atom stereocenters. The van der Waals surface area contributed by atoms with E-state index in [-0.39, 0.29) is 23.9 Å². The van der Waals surface area contributed by atoms with Crippen molar-refractivity contribution in [1.82, 2.24) is 9.21 Å². The molecule has 0 fully saturated rings. The second-order valence-electron chi connectivity index (χ2n) is 7.18. The number of anilines is 1. The first-order valence-electron chi connectivity index (χ1n) is 8.98. The zero-order valence-electron chi connectivity index (χ0n) is 17.1. The van der Waals surface area contributed by atoms with Crippen LogP contribution >= 0.6 is 0 Å². The molecule has 2 aromatic carbocycles. The fourth-order valence-electron chi connectivity index (χ4n) is 2.71. The zero-order valence-corrected chi connectivity index (χ0v) is 17.9. The van der Waals surface area contributed by atoms with Gasteiger partial charge in [0.05, 0.1) is 17.0 Å². The van der Waals surface area contributed by atoms with E-state index in [1.807, 2.05) is 0 Å². The number of carbonyl (C=O) groups is 1. The van der Waals surface area contributed by atoms with Crippen LogP contribution in [0.3, 0.4) is 0 Å². The van der Waals surface area contributed by atoms with Gasteiger partial charge in [-0.1, -0.05) is 18.2 Å². The summed E-state index contributed by atoms with van der Waals surface area (Å²) in [5.41, 5.74) is 0.987. The average molecular weight is 443 g/mol. The molecule has 0 aromatic heterocycles. The van der Waals surface area contributed by atoms with Gasteiger partial charge in [-0.2, -0.15) is 13.2 Å². The van der Waals surface area contributed by atoms with Gasteiger partial charge >= 0.3 is 6.18 Å². The Hall–Kier alpha value is -2.43. The van der Waals surface area contributed by atoms with E-state index in [2.05, 4.69) is 5.32 Å². The average Bonchev–Trinajstić information content (AvgIpc) is 2.62. The van der Waals surface area contributed by atoms with Crippen LogP contribution < -0.4 is 5.32 Å². The predicted octanol–water partition coefficient (Wildman–Crippen LogP) is 3.33. The highest BCUT2D eigenvalue weighted by molar-refractivity contribution is 7.89. The normalized spacial score (nSPS) is 12.4. The van der Waals surface area contributed by atoms with E-state index in [0.717, 1.165) is 16.4 Å². The minimum atomic E-state index is -4.39. The first-order chi connectivity index (χ1) is 13.8. The van der Waals surface area contributed by atoms with Crippen LogP contribution in [0.1, 0.15) is 16.7 Å². The van der Waals surface area contributed by atoms with Gasteiger partial charge in [0.2, 0.25) is 15.9 Å². The van der Waals surface area contributed by atoms with Gasteiger partial charge in [0.1, 0.15) is 0 Å². The Morgan fingerprint density at radius 2 is 1.63 bits per heavy atom. The summed E-state index contributed by atoms with van der Waals surface area (Å²) in [6.07, 6.45) is -4.39. The molecule has 164 valence electrons. The summed E-state index contributed by atoms with van der Waals surface area (Å²) in [4.78, 5) is 14.1. The van der Waals surface area contributed by atoms with Crippen LogP contribution in [-0.4, -0.2) is 51.2 Å². The van der Waals surface area contributed by atoms with Gasteiger partial charge in [-0.25, -0.2) is 12.7 Å². The number of likely N-dealkylation sites (N-methyl/N-ethyl adjacent to an activating group) is 1. The van der Waals surface area contributed by atoms with Crippen molar-refractivity contribution >= 4 is 21.6 Å². The maximum Gasteiger partial charge on any atom is 0.416 e. The molecule has 2 rings (SSSR count). The molecule has 6 nitrogen and oxygen atoms in total. The van der Waals surface area contributed by atoms with Crippen LogP contribution in [0.25, 0.3) is 0 Å². The Kier molecular flexibility index (Phi) is 7.27. The highest BCUT2D eigenvalue weighted by Crippen LogP contribution is 2.29. The third kappa shape index (κ3) is 6.04. The lowest BCUT2D eigenvalue weighted by molar-refractivity contribution is -0.137. The highest BCUT2D eigenvalue weighted by Gasteiger charge is 2.30. The van der Waals surface area contributed by atoms with E-state index in [4.69, 9.17) is 0 Å². The fourth-order valence-corrected chi connectivity index (χ4v) is 3.64. The Morgan fingerprint density at radius 3 is 2.17 bits per heavy atom. The minimum Gasteiger partial charge on any atom is -0.325 e. The first-order valence-corrected chi connectivity index (χ1v) is 10.4. The Morgan fingerprint density at radius 1 is 1.03 bits per heavy atom. The summed E-state index contributed by atoms with van der Waals surface area (Å²) >= 11 is 0. The maximum absolute atomic E-state index is 12.6. The number of hydrogen-bond acceptors (Lipinski definition) is 4. The summed E-state index contributed by atoms with van der Waals surface area (Å²) in [7, 11) is 0.866. The number of hydrogen-bond donors (Lipinski definition) is 1. The summed E-state index contributed by atoms with van der Waals surface area (Å²) in [5.74, 6) is -0.369. The van der Waals surface area contributed by atoms with Gasteiger partial charge < -0.3 is 5.32 Å². The molecule has 0 heterocycles. The van der Waals surface area contributed by atoms with Crippen LogP contribution in [0.5, 0.6) is 0 Å². The molecular formula is C20H24F3N3O3S. The van der Waals surface area contributed by atoms with Crippen molar-refractivity contribution in [2.45, 2.75) is 24.5 Å². The van der Waals surface area contributed by atoms with Crippen molar-refractivity contribution in [1.29, 1.82) is 0 Å². The smallest absolute Gasteiger partial charge is 0.325 e. The third-order valence-corrected chi connectivity index (χ3v) is 6.22. The molecule has 10 heteroatoms. The van der Waals surface area contributed by atoms with Crippen molar-refractivity contribution < 1.29 is 26.4 Å². The number of carbonyl (C=O) groups excluding carboxylic acids is 1. The van der Waals surface area contributed by atoms with Gasteiger partial charge in [0, 0.05) is 26.3 Å². The number of halogens is 3. The number of nitrogens with one attached hydrogen (secondary N) is 1. The second kappa shape index (κ2) is 9.15. The quantitative estimate of drug-likeness (QED) is 0.713. The standard InChI is InChI=1S/C20H24F3N3O3S/c1-14-5-10-17(30(28,29)25(2)3)11-18(14)24-19(27)13-26(4)12-15-6-8-16(9-7-15)20(21,22)23/h5-11H,12-13H2,1-4H3,(H,24,27). The van der Waals surface area contributed by atoms with Crippen LogP contribution in [-0.2, 0) is 27.5 Å². The third-order valence-electron chi connectivity index (χ3n) is 4.41. The van der Waals surface area contributed by atoms with E-state index >= 15 is 0 Å². The van der Waals surface area contributed by atoms with Gasteiger partial charge in [0.15, 0.2) is 0 Å². The zero-order chi connectivity index (χ0) is 22.7. The second-order valence-corrected chi connectivity index (χ2v) is 9.33. The van der Waals surface area contributed by atoms with Gasteiger partial charge in [-0.3, -0.25) is 9.69 Å². The van der Waals surface area contributed by atoms with Crippen molar-refractivity contribution in [3.05, 3.63) is 59.2 Å². The topological polar surface area (TPSA) is 69.7 Å². The van der Waals surface area contributed by atoms with E-state index in [1.165, 1.54) is 38.4 Å². The molecule has 0 aliphatic heterocycles. The number of alkyl halides is 3. The number of sulfonamides is 1. The molecular weight excluding hydrogens is 419 g/mol. The lowest BCUT2D eigenvalue weighted by atomic mass is 10.1. The SMILES string of the molecule is Cc1ccc(S(=O)(=O)N(C)C)cc1NC(=O)CN(C)Cc1ccc(C(F)(F)F)cc1. The highest BCUT2D eigenvalue weighted by atomic mass is 32.2. The van der Waals surface area contributed by atoms with Crippen LogP contribution in [0, 0.1) is 6.92 Å². The Labute approximate surface area is 174 Å². The van der Waals surface area contributed by atoms with Crippen molar-refractivity contribution in [2.75, 3.05) is 33.0 Å². The molecule has 2 aromatic rings.